The lowest BCUT2D eigenvalue weighted by molar-refractivity contribution is -0.0506. The minimum Gasteiger partial charge on any atom is -0.368 e. The molecule has 3 nitrogen and oxygen atoms in total. The number of rotatable bonds is 8. The molecule has 0 saturated heterocycles. The molecule has 0 aliphatic carbocycles. The van der Waals surface area contributed by atoms with Crippen molar-refractivity contribution >= 4 is 11.3 Å². The van der Waals surface area contributed by atoms with Crippen LogP contribution in [0.25, 0.3) is 0 Å². The van der Waals surface area contributed by atoms with Crippen LogP contribution in [0.5, 0.6) is 0 Å². The Kier molecular flexibility index (Phi) is 6.09. The summed E-state index contributed by atoms with van der Waals surface area (Å²) in [6, 6.07) is 0. The maximum atomic E-state index is 5.96. The molecule has 1 aromatic rings. The van der Waals surface area contributed by atoms with E-state index in [0.717, 1.165) is 37.5 Å². The van der Waals surface area contributed by atoms with Crippen molar-refractivity contribution in [3.05, 3.63) is 16.1 Å². The SMILES string of the molecule is CCNCc1cnc(C(CC)(CC)OCC)s1. The fraction of sp³-hybridized carbons (Fsp3) is 0.769. The lowest BCUT2D eigenvalue weighted by atomic mass is 9.98. The molecule has 98 valence electrons. The lowest BCUT2D eigenvalue weighted by Gasteiger charge is -2.29. The standard InChI is InChI=1S/C13H24N2OS/c1-5-13(6-2,16-8-4)12-15-10-11(17-12)9-14-7-3/h10,14H,5-9H2,1-4H3. The topological polar surface area (TPSA) is 34.2 Å². The van der Waals surface area contributed by atoms with Gasteiger partial charge in [-0.3, -0.25) is 0 Å². The summed E-state index contributed by atoms with van der Waals surface area (Å²) < 4.78 is 5.96. The Hall–Kier alpha value is -0.450. The normalized spacial score (nSPS) is 12.0. The number of hydrogen-bond acceptors (Lipinski definition) is 4. The average Bonchev–Trinajstić information content (AvgIpc) is 2.83. The van der Waals surface area contributed by atoms with Crippen molar-refractivity contribution in [2.45, 2.75) is 52.7 Å². The van der Waals surface area contributed by atoms with Gasteiger partial charge in [-0.25, -0.2) is 4.98 Å². The Bertz CT molecular complexity index is 321. The summed E-state index contributed by atoms with van der Waals surface area (Å²) in [6.45, 7) is 11.1. The lowest BCUT2D eigenvalue weighted by Crippen LogP contribution is -2.28. The molecule has 0 amide bonds. The Labute approximate surface area is 109 Å². The molecule has 0 atom stereocenters. The first-order chi connectivity index (χ1) is 8.22. The average molecular weight is 256 g/mol. The van der Waals surface area contributed by atoms with Gasteiger partial charge in [0.05, 0.1) is 0 Å². The van der Waals surface area contributed by atoms with Crippen LogP contribution in [0.1, 0.15) is 50.4 Å². The highest BCUT2D eigenvalue weighted by molar-refractivity contribution is 7.11. The maximum Gasteiger partial charge on any atom is 0.125 e. The van der Waals surface area contributed by atoms with Gasteiger partial charge in [0.1, 0.15) is 10.6 Å². The van der Waals surface area contributed by atoms with Crippen molar-refractivity contribution < 1.29 is 4.74 Å². The summed E-state index contributed by atoms with van der Waals surface area (Å²) in [6.07, 6.45) is 3.93. The monoisotopic (exact) mass is 256 g/mol. The highest BCUT2D eigenvalue weighted by atomic mass is 32.1. The zero-order chi connectivity index (χ0) is 12.7. The molecule has 0 bridgehead atoms. The largest absolute Gasteiger partial charge is 0.368 e. The smallest absolute Gasteiger partial charge is 0.125 e. The molecule has 0 fully saturated rings. The Morgan fingerprint density at radius 3 is 2.53 bits per heavy atom. The summed E-state index contributed by atoms with van der Waals surface area (Å²) in [4.78, 5) is 5.84. The van der Waals surface area contributed by atoms with E-state index in [1.54, 1.807) is 11.3 Å². The predicted octanol–water partition coefficient (Wildman–Crippen LogP) is 3.30. The van der Waals surface area contributed by atoms with E-state index >= 15 is 0 Å². The van der Waals surface area contributed by atoms with Gasteiger partial charge >= 0.3 is 0 Å². The summed E-state index contributed by atoms with van der Waals surface area (Å²) in [5.74, 6) is 0. The van der Waals surface area contributed by atoms with E-state index in [4.69, 9.17) is 4.74 Å². The highest BCUT2D eigenvalue weighted by Gasteiger charge is 2.32. The quantitative estimate of drug-likeness (QED) is 0.775. The molecule has 1 heterocycles. The van der Waals surface area contributed by atoms with Gasteiger partial charge in [0.2, 0.25) is 0 Å². The minimum atomic E-state index is -0.177. The fourth-order valence-corrected chi connectivity index (χ4v) is 3.11. The first-order valence-corrected chi connectivity index (χ1v) is 7.33. The van der Waals surface area contributed by atoms with E-state index in [0.29, 0.717) is 0 Å². The van der Waals surface area contributed by atoms with Crippen molar-refractivity contribution in [1.29, 1.82) is 0 Å². The van der Waals surface area contributed by atoms with Crippen LogP contribution in [-0.4, -0.2) is 18.1 Å². The first kappa shape index (κ1) is 14.6. The number of nitrogens with zero attached hydrogens (tertiary/aromatic N) is 1. The Morgan fingerprint density at radius 2 is 2.00 bits per heavy atom. The molecule has 1 aromatic heterocycles. The molecule has 0 saturated carbocycles. The van der Waals surface area contributed by atoms with Crippen LogP contribution < -0.4 is 5.32 Å². The van der Waals surface area contributed by atoms with Gasteiger partial charge in [-0.2, -0.15) is 0 Å². The minimum absolute atomic E-state index is 0.177. The second-order valence-electron chi connectivity index (χ2n) is 4.05. The van der Waals surface area contributed by atoms with Gasteiger partial charge in [0.15, 0.2) is 0 Å². The van der Waals surface area contributed by atoms with Crippen molar-refractivity contribution in [3.63, 3.8) is 0 Å². The molecule has 0 unspecified atom stereocenters. The van der Waals surface area contributed by atoms with E-state index in [9.17, 15) is 0 Å². The van der Waals surface area contributed by atoms with Gasteiger partial charge in [0.25, 0.3) is 0 Å². The molecule has 0 radical (unpaired) electrons. The second-order valence-corrected chi connectivity index (χ2v) is 5.16. The number of hydrogen-bond donors (Lipinski definition) is 1. The summed E-state index contributed by atoms with van der Waals surface area (Å²) in [7, 11) is 0. The molecule has 0 aliphatic rings. The van der Waals surface area contributed by atoms with Crippen LogP contribution in [0.15, 0.2) is 6.20 Å². The number of thiazole rings is 1. The third-order valence-corrected chi connectivity index (χ3v) is 4.24. The van der Waals surface area contributed by atoms with Crippen LogP contribution in [0, 0.1) is 0 Å². The molecule has 0 aromatic carbocycles. The van der Waals surface area contributed by atoms with Crippen molar-refractivity contribution in [3.8, 4) is 0 Å². The summed E-state index contributed by atoms with van der Waals surface area (Å²) in [5.41, 5.74) is -0.177. The molecule has 4 heteroatoms. The molecular weight excluding hydrogens is 232 g/mol. The van der Waals surface area contributed by atoms with Crippen molar-refractivity contribution in [2.75, 3.05) is 13.2 Å². The molecular formula is C13H24N2OS. The van der Waals surface area contributed by atoms with Crippen LogP contribution in [0.4, 0.5) is 0 Å². The van der Waals surface area contributed by atoms with Gasteiger partial charge in [-0.05, 0) is 26.3 Å². The fourth-order valence-electron chi connectivity index (χ4n) is 1.94. The Balaban J connectivity index is 2.83. The molecule has 1 N–H and O–H groups in total. The van der Waals surface area contributed by atoms with E-state index in [2.05, 4.69) is 31.1 Å². The van der Waals surface area contributed by atoms with Gasteiger partial charge in [0, 0.05) is 24.2 Å². The molecule has 0 aliphatic heterocycles. The van der Waals surface area contributed by atoms with Crippen LogP contribution in [-0.2, 0) is 16.9 Å². The zero-order valence-electron chi connectivity index (χ0n) is 11.4. The molecule has 17 heavy (non-hydrogen) atoms. The van der Waals surface area contributed by atoms with Gasteiger partial charge in [-0.1, -0.05) is 20.8 Å². The number of aromatic nitrogens is 1. The van der Waals surface area contributed by atoms with E-state index in [1.807, 2.05) is 13.1 Å². The first-order valence-electron chi connectivity index (χ1n) is 6.52. The number of nitrogens with one attached hydrogen (secondary N) is 1. The number of ether oxygens (including phenoxy) is 1. The van der Waals surface area contributed by atoms with Crippen LogP contribution in [0.3, 0.4) is 0 Å². The van der Waals surface area contributed by atoms with Crippen molar-refractivity contribution in [1.82, 2.24) is 10.3 Å². The second kappa shape index (κ2) is 7.09. The molecule has 0 spiro atoms. The van der Waals surface area contributed by atoms with E-state index in [1.165, 1.54) is 4.88 Å². The third kappa shape index (κ3) is 3.50. The van der Waals surface area contributed by atoms with E-state index < -0.39 is 0 Å². The van der Waals surface area contributed by atoms with Crippen LogP contribution >= 0.6 is 11.3 Å². The van der Waals surface area contributed by atoms with Crippen molar-refractivity contribution in [2.24, 2.45) is 0 Å². The highest BCUT2D eigenvalue weighted by Crippen LogP contribution is 2.35. The predicted molar refractivity (Wildman–Crippen MR) is 73.4 cm³/mol. The summed E-state index contributed by atoms with van der Waals surface area (Å²) >= 11 is 1.77. The zero-order valence-corrected chi connectivity index (χ0v) is 12.2. The molecule has 1 rings (SSSR count). The van der Waals surface area contributed by atoms with Gasteiger partial charge in [-0.15, -0.1) is 11.3 Å². The van der Waals surface area contributed by atoms with Gasteiger partial charge < -0.3 is 10.1 Å². The Morgan fingerprint density at radius 1 is 1.29 bits per heavy atom. The summed E-state index contributed by atoms with van der Waals surface area (Å²) in [5, 5.41) is 4.45. The van der Waals surface area contributed by atoms with Crippen LogP contribution in [0.2, 0.25) is 0 Å². The third-order valence-electron chi connectivity index (χ3n) is 3.06. The maximum absolute atomic E-state index is 5.96. The van der Waals surface area contributed by atoms with E-state index in [-0.39, 0.29) is 5.60 Å².